The Morgan fingerprint density at radius 2 is 1.95 bits per heavy atom. The van der Waals surface area contributed by atoms with E-state index < -0.39 is 0 Å². The van der Waals surface area contributed by atoms with Gasteiger partial charge in [-0.05, 0) is 18.6 Å². The average Bonchev–Trinajstić information content (AvgIpc) is 2.79. The van der Waals surface area contributed by atoms with Crippen LogP contribution in [-0.2, 0) is 4.79 Å². The van der Waals surface area contributed by atoms with Gasteiger partial charge in [-0.25, -0.2) is 0 Å². The van der Waals surface area contributed by atoms with Crippen molar-refractivity contribution in [3.05, 3.63) is 21.9 Å². The second-order valence-electron chi connectivity index (χ2n) is 4.78. The van der Waals surface area contributed by atoms with Gasteiger partial charge < -0.3 is 14.9 Å². The molecule has 1 aromatic rings. The second kappa shape index (κ2) is 7.25. The van der Waals surface area contributed by atoms with E-state index in [1.165, 1.54) is 11.3 Å². The molecule has 21 heavy (non-hydrogen) atoms. The topological polar surface area (TPSA) is 60.9 Å². The number of carbonyl (C=O) groups excluding carboxylic acids is 2. The third-order valence-corrected chi connectivity index (χ3v) is 4.32. The van der Waals surface area contributed by atoms with Gasteiger partial charge >= 0.3 is 0 Å². The average molecular weight is 306 g/mol. The van der Waals surface area contributed by atoms with Crippen LogP contribution in [0.4, 0.5) is 0 Å². The van der Waals surface area contributed by atoms with Crippen molar-refractivity contribution < 1.29 is 14.7 Å². The number of hydrogen-bond acceptors (Lipinski definition) is 4. The molecule has 0 aliphatic carbocycles. The van der Waals surface area contributed by atoms with Crippen molar-refractivity contribution in [1.29, 1.82) is 0 Å². The molecular weight excluding hydrogens is 288 g/mol. The minimum Gasteiger partial charge on any atom is -0.384 e. The highest BCUT2D eigenvalue weighted by atomic mass is 32.1. The number of nitrogens with zero attached hydrogens (tertiary/aromatic N) is 2. The van der Waals surface area contributed by atoms with E-state index in [9.17, 15) is 9.59 Å². The molecular formula is C15H18N2O3S. The minimum absolute atomic E-state index is 0.0116. The van der Waals surface area contributed by atoms with Crippen molar-refractivity contribution in [2.24, 2.45) is 0 Å². The lowest BCUT2D eigenvalue weighted by molar-refractivity contribution is -0.128. The Labute approximate surface area is 128 Å². The molecule has 2 rings (SSSR count). The van der Waals surface area contributed by atoms with E-state index in [2.05, 4.69) is 11.8 Å². The monoisotopic (exact) mass is 306 g/mol. The number of thiophene rings is 1. The Bertz CT molecular complexity index is 585. The van der Waals surface area contributed by atoms with Gasteiger partial charge in [0.15, 0.2) is 0 Å². The molecule has 112 valence electrons. The third kappa shape index (κ3) is 4.06. The van der Waals surface area contributed by atoms with Crippen molar-refractivity contribution in [3.8, 4) is 11.8 Å². The molecule has 0 bridgehead atoms. The van der Waals surface area contributed by atoms with E-state index in [0.29, 0.717) is 31.1 Å². The van der Waals surface area contributed by atoms with Crippen molar-refractivity contribution in [3.63, 3.8) is 0 Å². The summed E-state index contributed by atoms with van der Waals surface area (Å²) >= 11 is 1.33. The predicted molar refractivity (Wildman–Crippen MR) is 81.1 cm³/mol. The maximum absolute atomic E-state index is 12.5. The number of amides is 2. The molecule has 0 spiro atoms. The number of carbonyl (C=O) groups is 2. The maximum atomic E-state index is 12.5. The van der Waals surface area contributed by atoms with Crippen LogP contribution in [0.15, 0.2) is 12.1 Å². The van der Waals surface area contributed by atoms with Crippen LogP contribution in [-0.4, -0.2) is 59.5 Å². The van der Waals surface area contributed by atoms with Crippen molar-refractivity contribution in [1.82, 2.24) is 9.80 Å². The normalized spacial score (nSPS) is 15.1. The zero-order valence-electron chi connectivity index (χ0n) is 12.0. The number of aliphatic hydroxyl groups is 1. The molecule has 0 saturated carbocycles. The summed E-state index contributed by atoms with van der Waals surface area (Å²) in [4.78, 5) is 28.8. The van der Waals surface area contributed by atoms with Gasteiger partial charge in [-0.1, -0.05) is 11.8 Å². The molecule has 1 saturated heterocycles. The van der Waals surface area contributed by atoms with E-state index in [1.807, 2.05) is 0 Å². The molecule has 0 unspecified atom stereocenters. The molecule has 6 heteroatoms. The summed E-state index contributed by atoms with van der Waals surface area (Å²) in [5, 5.41) is 8.67. The van der Waals surface area contributed by atoms with Gasteiger partial charge in [0.1, 0.15) is 6.61 Å². The van der Waals surface area contributed by atoms with Crippen LogP contribution in [0.2, 0.25) is 0 Å². The SMILES string of the molecule is CC(=O)N1CCCN(C(=O)c2ccc(C#CCO)s2)CC1. The highest BCUT2D eigenvalue weighted by Gasteiger charge is 2.22. The number of hydrogen-bond donors (Lipinski definition) is 1. The summed E-state index contributed by atoms with van der Waals surface area (Å²) in [6.45, 7) is 3.89. The first kappa shape index (κ1) is 15.5. The maximum Gasteiger partial charge on any atom is 0.264 e. The smallest absolute Gasteiger partial charge is 0.264 e. The quantitative estimate of drug-likeness (QED) is 0.780. The standard InChI is InChI=1S/C15H18N2O3S/c1-12(19)16-7-3-8-17(10-9-16)15(20)14-6-5-13(21-14)4-2-11-18/h5-6,18H,3,7-11H2,1H3. The Balaban J connectivity index is 2.02. The summed E-state index contributed by atoms with van der Waals surface area (Å²) in [6, 6.07) is 3.56. The fraction of sp³-hybridized carbons (Fsp3) is 0.467. The van der Waals surface area contributed by atoms with E-state index in [0.717, 1.165) is 11.3 Å². The fourth-order valence-electron chi connectivity index (χ4n) is 2.24. The lowest BCUT2D eigenvalue weighted by Crippen LogP contribution is -2.36. The predicted octanol–water partition coefficient (Wildman–Crippen LogP) is 0.786. The van der Waals surface area contributed by atoms with Crippen molar-refractivity contribution in [2.45, 2.75) is 13.3 Å². The van der Waals surface area contributed by atoms with Crippen LogP contribution in [0.3, 0.4) is 0 Å². The van der Waals surface area contributed by atoms with Crippen molar-refractivity contribution >= 4 is 23.2 Å². The van der Waals surface area contributed by atoms with E-state index in [1.54, 1.807) is 28.9 Å². The van der Waals surface area contributed by atoms with Gasteiger partial charge in [0.05, 0.1) is 9.75 Å². The summed E-state index contributed by atoms with van der Waals surface area (Å²) in [6.07, 6.45) is 0.799. The van der Waals surface area contributed by atoms with E-state index in [4.69, 9.17) is 5.11 Å². The zero-order chi connectivity index (χ0) is 15.2. The summed E-state index contributed by atoms with van der Waals surface area (Å²) < 4.78 is 0. The highest BCUT2D eigenvalue weighted by Crippen LogP contribution is 2.18. The first-order chi connectivity index (χ1) is 10.1. The Hall–Kier alpha value is -1.84. The van der Waals surface area contributed by atoms with Crippen LogP contribution < -0.4 is 0 Å². The van der Waals surface area contributed by atoms with Gasteiger partial charge in [-0.3, -0.25) is 9.59 Å². The summed E-state index contributed by atoms with van der Waals surface area (Å²) in [7, 11) is 0. The molecule has 1 aliphatic rings. The van der Waals surface area contributed by atoms with Crippen molar-refractivity contribution in [2.75, 3.05) is 32.8 Å². The molecule has 2 heterocycles. The Kier molecular flexibility index (Phi) is 5.37. The van der Waals surface area contributed by atoms with E-state index in [-0.39, 0.29) is 18.4 Å². The second-order valence-corrected chi connectivity index (χ2v) is 5.86. The Morgan fingerprint density at radius 3 is 2.67 bits per heavy atom. The minimum atomic E-state index is -0.186. The van der Waals surface area contributed by atoms with Crippen LogP contribution in [0, 0.1) is 11.8 Å². The van der Waals surface area contributed by atoms with Gasteiger partial charge in [0, 0.05) is 33.1 Å². The molecule has 5 nitrogen and oxygen atoms in total. The first-order valence-corrected chi connectivity index (χ1v) is 7.68. The van der Waals surface area contributed by atoms with Crippen LogP contribution >= 0.6 is 11.3 Å². The summed E-state index contributed by atoms with van der Waals surface area (Å²) in [5.74, 6) is 5.42. The molecule has 1 N–H and O–H groups in total. The fourth-order valence-corrected chi connectivity index (χ4v) is 3.09. The lowest BCUT2D eigenvalue weighted by atomic mass is 10.3. The van der Waals surface area contributed by atoms with Gasteiger partial charge in [-0.2, -0.15) is 0 Å². The van der Waals surface area contributed by atoms with Gasteiger partial charge in [-0.15, -0.1) is 11.3 Å². The third-order valence-electron chi connectivity index (χ3n) is 3.34. The molecule has 1 fully saturated rings. The van der Waals surface area contributed by atoms with Crippen LogP contribution in [0.1, 0.15) is 27.9 Å². The molecule has 2 amide bonds. The molecule has 1 aliphatic heterocycles. The van der Waals surface area contributed by atoms with Gasteiger partial charge in [0.25, 0.3) is 5.91 Å². The molecule has 0 aromatic carbocycles. The number of aliphatic hydroxyl groups excluding tert-OH is 1. The molecule has 1 aromatic heterocycles. The highest BCUT2D eigenvalue weighted by molar-refractivity contribution is 7.14. The zero-order valence-corrected chi connectivity index (χ0v) is 12.8. The first-order valence-electron chi connectivity index (χ1n) is 6.86. The molecule has 0 atom stereocenters. The lowest BCUT2D eigenvalue weighted by Gasteiger charge is -2.20. The van der Waals surface area contributed by atoms with E-state index >= 15 is 0 Å². The molecule has 0 radical (unpaired) electrons. The largest absolute Gasteiger partial charge is 0.384 e. The Morgan fingerprint density at radius 1 is 1.24 bits per heavy atom. The van der Waals surface area contributed by atoms with Crippen LogP contribution in [0.25, 0.3) is 0 Å². The number of rotatable bonds is 1. The van der Waals surface area contributed by atoms with Gasteiger partial charge in [0.2, 0.25) is 5.91 Å². The summed E-state index contributed by atoms with van der Waals surface area (Å²) in [5.41, 5.74) is 0. The van der Waals surface area contributed by atoms with Crippen LogP contribution in [0.5, 0.6) is 0 Å².